The van der Waals surface area contributed by atoms with Crippen LogP contribution >= 0.6 is 0 Å². The number of primary amides is 1. The van der Waals surface area contributed by atoms with Gasteiger partial charge in [0, 0.05) is 24.1 Å². The molecule has 30 heavy (non-hydrogen) atoms. The van der Waals surface area contributed by atoms with Gasteiger partial charge in [0.25, 0.3) is 5.91 Å². The minimum atomic E-state index is -0.964. The Bertz CT molecular complexity index is 1040. The standard InChI is InChI=1S/C20H22BN5O4/c1-2-12-8-21(28)30-18-4-3-14(7-15(12)18)24-20-16(19(23)27)10-26(25-20)17-11-29-6-5-13(17)9-22/h3-4,7-8,10,13,17,28H,2,5-6,11H2,1H3,(H2,23,27)(H,24,25). The number of nitrogens with one attached hydrogen (secondary N) is 1. The van der Waals surface area contributed by atoms with Crippen LogP contribution in [-0.4, -0.2) is 41.0 Å². The van der Waals surface area contributed by atoms with Crippen LogP contribution in [0.5, 0.6) is 5.75 Å². The molecule has 154 valence electrons. The molecule has 1 aromatic heterocycles. The number of nitrogens with two attached hydrogens (primary N) is 1. The van der Waals surface area contributed by atoms with Gasteiger partial charge < -0.3 is 25.5 Å². The fourth-order valence-corrected chi connectivity index (χ4v) is 3.80. The van der Waals surface area contributed by atoms with E-state index < -0.39 is 13.0 Å². The number of aromatic nitrogens is 2. The summed E-state index contributed by atoms with van der Waals surface area (Å²) >= 11 is 0. The predicted octanol–water partition coefficient (Wildman–Crippen LogP) is 2.03. The van der Waals surface area contributed by atoms with Crippen LogP contribution in [0.2, 0.25) is 0 Å². The quantitative estimate of drug-likeness (QED) is 0.646. The van der Waals surface area contributed by atoms with Gasteiger partial charge in [-0.3, -0.25) is 9.48 Å². The second-order valence-electron chi connectivity index (χ2n) is 7.29. The molecule has 1 fully saturated rings. The van der Waals surface area contributed by atoms with Crippen molar-refractivity contribution in [2.45, 2.75) is 25.8 Å². The SMILES string of the molecule is CCC1=CB(O)Oc2ccc(Nc3nn(C4COCCC4C#N)cc3C(N)=O)cc21. The topological polar surface area (TPSA) is 135 Å². The molecule has 4 rings (SSSR count). The number of fused-ring (bicyclic) bond motifs is 1. The largest absolute Gasteiger partial charge is 0.552 e. The number of nitrogens with zero attached hydrogens (tertiary/aromatic N) is 3. The van der Waals surface area contributed by atoms with E-state index in [1.54, 1.807) is 29.0 Å². The Morgan fingerprint density at radius 2 is 2.37 bits per heavy atom. The van der Waals surface area contributed by atoms with E-state index >= 15 is 0 Å². The minimum absolute atomic E-state index is 0.230. The molecule has 0 radical (unpaired) electrons. The van der Waals surface area contributed by atoms with Crippen LogP contribution in [0.15, 0.2) is 30.4 Å². The summed E-state index contributed by atoms with van der Waals surface area (Å²) in [4.78, 5) is 12.0. The van der Waals surface area contributed by atoms with Crippen LogP contribution in [0, 0.1) is 17.2 Å². The number of carbonyl (C=O) groups excluding carboxylic acids is 1. The van der Waals surface area contributed by atoms with Gasteiger partial charge in [-0.2, -0.15) is 10.4 Å². The lowest BCUT2D eigenvalue weighted by Crippen LogP contribution is -2.29. The third kappa shape index (κ3) is 3.77. The predicted molar refractivity (Wildman–Crippen MR) is 111 cm³/mol. The molecule has 1 saturated heterocycles. The van der Waals surface area contributed by atoms with Gasteiger partial charge in [0.2, 0.25) is 0 Å². The second-order valence-corrected chi connectivity index (χ2v) is 7.29. The molecule has 0 aliphatic carbocycles. The van der Waals surface area contributed by atoms with E-state index in [9.17, 15) is 15.1 Å². The van der Waals surface area contributed by atoms with Crippen LogP contribution in [0.3, 0.4) is 0 Å². The van der Waals surface area contributed by atoms with Crippen molar-refractivity contribution in [3.63, 3.8) is 0 Å². The van der Waals surface area contributed by atoms with Gasteiger partial charge in [-0.15, -0.1) is 0 Å². The first-order valence-electron chi connectivity index (χ1n) is 9.83. The van der Waals surface area contributed by atoms with Crippen LogP contribution < -0.4 is 15.7 Å². The van der Waals surface area contributed by atoms with Gasteiger partial charge in [-0.05, 0) is 42.6 Å². The molecule has 10 heteroatoms. The number of carbonyl (C=O) groups is 1. The van der Waals surface area contributed by atoms with E-state index in [4.69, 9.17) is 15.1 Å². The average Bonchev–Trinajstić information content (AvgIpc) is 3.17. The average molecular weight is 407 g/mol. The van der Waals surface area contributed by atoms with Crippen LogP contribution in [0.4, 0.5) is 11.5 Å². The van der Waals surface area contributed by atoms with Gasteiger partial charge in [-0.1, -0.05) is 6.92 Å². The fraction of sp³-hybridized carbons (Fsp3) is 0.350. The molecule has 2 atom stereocenters. The fourth-order valence-electron chi connectivity index (χ4n) is 3.80. The Morgan fingerprint density at radius 1 is 1.53 bits per heavy atom. The molecule has 2 aliphatic heterocycles. The number of ether oxygens (including phenoxy) is 1. The first-order chi connectivity index (χ1) is 14.5. The Balaban J connectivity index is 1.66. The van der Waals surface area contributed by atoms with Gasteiger partial charge in [-0.25, -0.2) is 0 Å². The van der Waals surface area contributed by atoms with Crippen molar-refractivity contribution in [2.24, 2.45) is 11.7 Å². The van der Waals surface area contributed by atoms with Crippen molar-refractivity contribution in [1.29, 1.82) is 5.26 Å². The number of allylic oxidation sites excluding steroid dienone is 1. The molecule has 0 bridgehead atoms. The highest BCUT2D eigenvalue weighted by Gasteiger charge is 2.30. The number of hydrogen-bond donors (Lipinski definition) is 3. The number of benzene rings is 1. The molecule has 3 heterocycles. The Morgan fingerprint density at radius 3 is 3.10 bits per heavy atom. The lowest BCUT2D eigenvalue weighted by molar-refractivity contribution is 0.0342. The monoisotopic (exact) mass is 407 g/mol. The number of nitriles is 1. The maximum absolute atomic E-state index is 12.0. The highest BCUT2D eigenvalue weighted by Crippen LogP contribution is 2.35. The lowest BCUT2D eigenvalue weighted by atomic mass is 9.81. The first kappa shape index (κ1) is 20.0. The van der Waals surface area contributed by atoms with Crippen LogP contribution in [0.25, 0.3) is 5.57 Å². The molecule has 1 amide bonds. The summed E-state index contributed by atoms with van der Waals surface area (Å²) in [6, 6.07) is 7.41. The van der Waals surface area contributed by atoms with Gasteiger partial charge in [0.1, 0.15) is 11.3 Å². The van der Waals surface area contributed by atoms with E-state index in [2.05, 4.69) is 16.5 Å². The number of rotatable bonds is 5. The third-order valence-electron chi connectivity index (χ3n) is 5.39. The summed E-state index contributed by atoms with van der Waals surface area (Å²) in [5.74, 6) is 1.69. The van der Waals surface area contributed by atoms with Crippen molar-refractivity contribution >= 4 is 30.1 Å². The van der Waals surface area contributed by atoms with E-state index in [0.29, 0.717) is 36.9 Å². The van der Waals surface area contributed by atoms with Crippen molar-refractivity contribution in [1.82, 2.24) is 9.78 Å². The first-order valence-corrected chi connectivity index (χ1v) is 9.83. The summed E-state index contributed by atoms with van der Waals surface area (Å²) in [5.41, 5.74) is 8.31. The van der Waals surface area contributed by atoms with Gasteiger partial charge >= 0.3 is 7.12 Å². The summed E-state index contributed by atoms with van der Waals surface area (Å²) in [7, 11) is -0.964. The van der Waals surface area contributed by atoms with Crippen molar-refractivity contribution < 1.29 is 19.2 Å². The molecule has 0 saturated carbocycles. The molecular formula is C20H22BN5O4. The molecule has 2 aliphatic rings. The summed E-state index contributed by atoms with van der Waals surface area (Å²) < 4.78 is 12.5. The number of anilines is 2. The second kappa shape index (κ2) is 8.22. The molecule has 1 aromatic carbocycles. The molecule has 2 aromatic rings. The highest BCUT2D eigenvalue weighted by atomic mass is 16.5. The zero-order valence-electron chi connectivity index (χ0n) is 16.5. The molecule has 2 unspecified atom stereocenters. The highest BCUT2D eigenvalue weighted by molar-refractivity contribution is 6.52. The van der Waals surface area contributed by atoms with E-state index in [0.717, 1.165) is 17.6 Å². The zero-order valence-corrected chi connectivity index (χ0v) is 16.5. The van der Waals surface area contributed by atoms with Crippen molar-refractivity contribution in [3.8, 4) is 11.8 Å². The third-order valence-corrected chi connectivity index (χ3v) is 5.39. The Labute approximate surface area is 174 Å². The maximum Gasteiger partial charge on any atom is 0.552 e. The summed E-state index contributed by atoms with van der Waals surface area (Å²) in [6.07, 6.45) is 2.90. The maximum atomic E-state index is 12.0. The number of amides is 1. The Hall–Kier alpha value is -3.29. The molecular weight excluding hydrogens is 385 g/mol. The van der Waals surface area contributed by atoms with Gasteiger partial charge in [0.05, 0.1) is 24.6 Å². The Kier molecular flexibility index (Phi) is 5.48. The van der Waals surface area contributed by atoms with Crippen molar-refractivity contribution in [3.05, 3.63) is 41.5 Å². The normalized spacial score (nSPS) is 20.6. The minimum Gasteiger partial charge on any atom is -0.532 e. The number of hydrogen-bond acceptors (Lipinski definition) is 7. The smallest absolute Gasteiger partial charge is 0.532 e. The molecule has 4 N–H and O–H groups in total. The summed E-state index contributed by atoms with van der Waals surface area (Å²) in [6.45, 7) is 2.88. The van der Waals surface area contributed by atoms with Crippen LogP contribution in [-0.2, 0) is 4.74 Å². The molecule has 0 spiro atoms. The van der Waals surface area contributed by atoms with E-state index in [1.165, 1.54) is 0 Å². The van der Waals surface area contributed by atoms with Crippen LogP contribution in [0.1, 0.15) is 41.7 Å². The molecule has 9 nitrogen and oxygen atoms in total. The van der Waals surface area contributed by atoms with E-state index in [-0.39, 0.29) is 17.5 Å². The zero-order chi connectivity index (χ0) is 21.3. The van der Waals surface area contributed by atoms with E-state index in [1.807, 2.05) is 13.0 Å². The van der Waals surface area contributed by atoms with Crippen molar-refractivity contribution in [2.75, 3.05) is 18.5 Å². The lowest BCUT2D eigenvalue weighted by Gasteiger charge is -2.27. The summed E-state index contributed by atoms with van der Waals surface area (Å²) in [5, 5.41) is 26.9. The van der Waals surface area contributed by atoms with Gasteiger partial charge in [0.15, 0.2) is 5.82 Å².